The Kier molecular flexibility index (Phi) is 7.39. The second-order valence-corrected chi connectivity index (χ2v) is 7.64. The summed E-state index contributed by atoms with van der Waals surface area (Å²) in [6, 6.07) is 16.5. The molecule has 0 spiro atoms. The van der Waals surface area contributed by atoms with E-state index in [1.165, 1.54) is 5.56 Å². The zero-order valence-corrected chi connectivity index (χ0v) is 16.1. The molecule has 5 heteroatoms. The number of hydrogen-bond donors (Lipinski definition) is 1. The van der Waals surface area contributed by atoms with E-state index in [0.29, 0.717) is 13.2 Å². The second kappa shape index (κ2) is 9.05. The first-order valence-electron chi connectivity index (χ1n) is 7.25. The molecule has 2 aromatic carbocycles. The van der Waals surface area contributed by atoms with E-state index in [1.54, 1.807) is 0 Å². The number of benzene rings is 2. The Labute approximate surface area is 147 Å². The summed E-state index contributed by atoms with van der Waals surface area (Å²) >= 11 is 8.20. The van der Waals surface area contributed by atoms with Crippen molar-refractivity contribution in [2.24, 2.45) is 0 Å². The lowest BCUT2D eigenvalue weighted by atomic mass is 10.0. The van der Waals surface area contributed by atoms with E-state index in [0.717, 1.165) is 14.9 Å². The van der Waals surface area contributed by atoms with Crippen molar-refractivity contribution in [2.45, 2.75) is 24.4 Å². The van der Waals surface area contributed by atoms with Gasteiger partial charge >= 0.3 is 0 Å². The first-order valence-corrected chi connectivity index (χ1v) is 9.74. The average Bonchev–Trinajstić information content (AvgIpc) is 2.52. The van der Waals surface area contributed by atoms with Gasteiger partial charge in [0.05, 0.1) is 18.9 Å². The van der Waals surface area contributed by atoms with Gasteiger partial charge in [-0.25, -0.2) is 0 Å². The first-order chi connectivity index (χ1) is 10.7. The molecule has 0 N–H and O–H groups in total. The van der Waals surface area contributed by atoms with Crippen molar-refractivity contribution in [3.8, 4) is 0 Å². The van der Waals surface area contributed by atoms with Crippen molar-refractivity contribution in [2.75, 3.05) is 13.2 Å². The van der Waals surface area contributed by atoms with Gasteiger partial charge in [-0.3, -0.25) is 0 Å². The molecule has 2 nitrogen and oxygen atoms in total. The Bertz CT molecular complexity index is 588. The molecule has 0 heterocycles. The van der Waals surface area contributed by atoms with Gasteiger partial charge in [0, 0.05) is 9.37 Å². The summed E-state index contributed by atoms with van der Waals surface area (Å²) < 4.78 is 12.9. The monoisotopic (exact) mass is 398 g/mol. The Balaban J connectivity index is 2.51. The minimum absolute atomic E-state index is 0.0427. The molecule has 1 unspecified atom stereocenters. The van der Waals surface area contributed by atoms with Crippen LogP contribution in [0.1, 0.15) is 30.6 Å². The van der Waals surface area contributed by atoms with Gasteiger partial charge in [0.15, 0.2) is 8.38 Å². The van der Waals surface area contributed by atoms with Crippen LogP contribution in [0.2, 0.25) is 0 Å². The van der Waals surface area contributed by atoms with E-state index in [2.05, 4.69) is 46.8 Å². The van der Waals surface area contributed by atoms with Gasteiger partial charge in [-0.2, -0.15) is 0 Å². The molecule has 0 aromatic heterocycles. The van der Waals surface area contributed by atoms with E-state index >= 15 is 0 Å². The lowest BCUT2D eigenvalue weighted by Crippen LogP contribution is -2.05. The quantitative estimate of drug-likeness (QED) is 0.441. The number of thiol groups is 1. The second-order valence-electron chi connectivity index (χ2n) is 4.64. The fraction of sp³-hybridized carbons (Fsp3) is 0.294. The minimum atomic E-state index is -1.08. The number of rotatable bonds is 7. The maximum Gasteiger partial charge on any atom is 0.183 e. The fourth-order valence-corrected chi connectivity index (χ4v) is 4.72. The topological polar surface area (TPSA) is 18.5 Å². The standard InChI is InChI=1S/C17H20BrO2PS/c1-3-19-21(20-4-2)17(13-8-6-5-7-9-13)15-12-14(18)10-11-16(15)22/h5-12,17,22H,3-4H2,1-2H3. The van der Waals surface area contributed by atoms with Crippen molar-refractivity contribution in [3.63, 3.8) is 0 Å². The third-order valence-electron chi connectivity index (χ3n) is 3.12. The fourth-order valence-electron chi connectivity index (χ4n) is 2.24. The number of halogens is 1. The predicted octanol–water partition coefficient (Wildman–Crippen LogP) is 6.21. The van der Waals surface area contributed by atoms with Crippen LogP contribution in [0, 0.1) is 0 Å². The van der Waals surface area contributed by atoms with Crippen LogP contribution in [-0.2, 0) is 9.05 Å². The van der Waals surface area contributed by atoms with Crippen LogP contribution in [0.5, 0.6) is 0 Å². The molecule has 0 aliphatic rings. The summed E-state index contributed by atoms with van der Waals surface area (Å²) in [7, 11) is -1.08. The average molecular weight is 399 g/mol. The van der Waals surface area contributed by atoms with Crippen LogP contribution < -0.4 is 0 Å². The molecular weight excluding hydrogens is 379 g/mol. The molecule has 0 saturated carbocycles. The molecule has 0 saturated heterocycles. The smallest absolute Gasteiger partial charge is 0.183 e. The molecule has 0 aliphatic carbocycles. The van der Waals surface area contributed by atoms with Crippen molar-refractivity contribution in [1.82, 2.24) is 0 Å². The molecule has 0 bridgehead atoms. The zero-order valence-electron chi connectivity index (χ0n) is 12.7. The third kappa shape index (κ3) is 4.56. The Morgan fingerprint density at radius 2 is 1.68 bits per heavy atom. The first kappa shape index (κ1) is 18.0. The molecular formula is C17H20BrO2PS. The predicted molar refractivity (Wildman–Crippen MR) is 99.9 cm³/mol. The Hall–Kier alpha value is -0.380. The van der Waals surface area contributed by atoms with Crippen molar-refractivity contribution < 1.29 is 9.05 Å². The molecule has 1 atom stereocenters. The molecule has 0 aliphatic heterocycles. The van der Waals surface area contributed by atoms with Crippen LogP contribution in [0.4, 0.5) is 0 Å². The van der Waals surface area contributed by atoms with Gasteiger partial charge in [0.2, 0.25) is 0 Å². The Morgan fingerprint density at radius 1 is 1.05 bits per heavy atom. The van der Waals surface area contributed by atoms with Crippen LogP contribution in [0.25, 0.3) is 0 Å². The van der Waals surface area contributed by atoms with Gasteiger partial charge in [-0.05, 0) is 43.2 Å². The van der Waals surface area contributed by atoms with Gasteiger partial charge < -0.3 is 9.05 Å². The van der Waals surface area contributed by atoms with Crippen molar-refractivity contribution >= 4 is 36.9 Å². The van der Waals surface area contributed by atoms with E-state index in [4.69, 9.17) is 9.05 Å². The molecule has 2 aromatic rings. The van der Waals surface area contributed by atoms with E-state index in [1.807, 2.05) is 44.2 Å². The van der Waals surface area contributed by atoms with Crippen molar-refractivity contribution in [1.29, 1.82) is 0 Å². The summed E-state index contributed by atoms with van der Waals surface area (Å²) in [5.74, 6) is 0. The summed E-state index contributed by atoms with van der Waals surface area (Å²) in [5.41, 5.74) is 2.35. The van der Waals surface area contributed by atoms with Gasteiger partial charge in [0.1, 0.15) is 0 Å². The zero-order chi connectivity index (χ0) is 15.9. The molecule has 118 valence electrons. The Morgan fingerprint density at radius 3 is 2.27 bits per heavy atom. The van der Waals surface area contributed by atoms with E-state index in [-0.39, 0.29) is 5.66 Å². The molecule has 0 fully saturated rings. The number of hydrogen-bond acceptors (Lipinski definition) is 3. The summed E-state index contributed by atoms with van der Waals surface area (Å²) in [6.45, 7) is 5.26. The maximum atomic E-state index is 5.94. The SMILES string of the molecule is CCOP(OCC)C(c1ccccc1)c1cc(Br)ccc1S. The summed E-state index contributed by atoms with van der Waals surface area (Å²) in [4.78, 5) is 0.948. The summed E-state index contributed by atoms with van der Waals surface area (Å²) in [5, 5.41) is 0. The third-order valence-corrected chi connectivity index (χ3v) is 6.05. The normalized spacial score (nSPS) is 12.6. The van der Waals surface area contributed by atoms with Gasteiger partial charge in [-0.1, -0.05) is 46.3 Å². The highest BCUT2D eigenvalue weighted by Gasteiger charge is 2.28. The van der Waals surface area contributed by atoms with Gasteiger partial charge in [-0.15, -0.1) is 12.6 Å². The largest absolute Gasteiger partial charge is 0.334 e. The minimum Gasteiger partial charge on any atom is -0.334 e. The summed E-state index contributed by atoms with van der Waals surface area (Å²) in [6.07, 6.45) is 0. The molecule has 22 heavy (non-hydrogen) atoms. The van der Waals surface area contributed by atoms with Crippen molar-refractivity contribution in [3.05, 3.63) is 64.1 Å². The van der Waals surface area contributed by atoms with E-state index in [9.17, 15) is 0 Å². The highest BCUT2D eigenvalue weighted by Crippen LogP contribution is 2.57. The van der Waals surface area contributed by atoms with Crippen LogP contribution in [-0.4, -0.2) is 13.2 Å². The molecule has 2 rings (SSSR count). The lowest BCUT2D eigenvalue weighted by molar-refractivity contribution is 0.265. The van der Waals surface area contributed by atoms with Gasteiger partial charge in [0.25, 0.3) is 0 Å². The lowest BCUT2D eigenvalue weighted by Gasteiger charge is -2.27. The highest BCUT2D eigenvalue weighted by molar-refractivity contribution is 9.10. The molecule has 0 amide bonds. The van der Waals surface area contributed by atoms with Crippen LogP contribution in [0.3, 0.4) is 0 Å². The highest BCUT2D eigenvalue weighted by atomic mass is 79.9. The van der Waals surface area contributed by atoms with Crippen LogP contribution in [0.15, 0.2) is 57.9 Å². The van der Waals surface area contributed by atoms with Crippen LogP contribution >= 0.6 is 36.9 Å². The van der Waals surface area contributed by atoms with E-state index < -0.39 is 8.38 Å². The maximum absolute atomic E-state index is 5.94. The molecule has 0 radical (unpaired) electrons.